The molecule has 21 heavy (non-hydrogen) atoms. The molecule has 1 amide bonds. The fraction of sp³-hybridized carbons (Fsp3) is 0.562. The van der Waals surface area contributed by atoms with Crippen LogP contribution in [0.25, 0.3) is 0 Å². The first-order chi connectivity index (χ1) is 9.91. The van der Waals surface area contributed by atoms with E-state index in [1.54, 1.807) is 11.8 Å². The summed E-state index contributed by atoms with van der Waals surface area (Å²) < 4.78 is 6.45. The summed E-state index contributed by atoms with van der Waals surface area (Å²) in [5.41, 5.74) is 6.11. The number of amides is 1. The molecule has 1 aliphatic rings. The number of carbonyl (C=O) groups excluding carboxylic acids is 1. The van der Waals surface area contributed by atoms with Gasteiger partial charge in [0.05, 0.1) is 6.61 Å². The van der Waals surface area contributed by atoms with E-state index < -0.39 is 5.54 Å². The average Bonchev–Trinajstić information content (AvgIpc) is 2.48. The highest BCUT2D eigenvalue weighted by atomic mass is 79.9. The van der Waals surface area contributed by atoms with Crippen LogP contribution in [0.2, 0.25) is 0 Å². The quantitative estimate of drug-likeness (QED) is 0.903. The van der Waals surface area contributed by atoms with Gasteiger partial charge < -0.3 is 15.4 Å². The molecular formula is C16H23BrN2O2. The Balaban J connectivity index is 2.04. The van der Waals surface area contributed by atoms with Crippen molar-refractivity contribution in [2.45, 2.75) is 25.3 Å². The summed E-state index contributed by atoms with van der Waals surface area (Å²) in [7, 11) is 1.82. The third-order valence-corrected chi connectivity index (χ3v) is 4.55. The summed E-state index contributed by atoms with van der Waals surface area (Å²) >= 11 is 3.39. The molecule has 1 aromatic rings. The van der Waals surface area contributed by atoms with Crippen molar-refractivity contribution in [1.29, 1.82) is 0 Å². The molecule has 2 unspecified atom stereocenters. The highest BCUT2D eigenvalue weighted by Gasteiger charge is 2.34. The van der Waals surface area contributed by atoms with Crippen molar-refractivity contribution < 1.29 is 9.53 Å². The van der Waals surface area contributed by atoms with Crippen LogP contribution in [0.1, 0.15) is 25.3 Å². The minimum absolute atomic E-state index is 0.0598. The predicted molar refractivity (Wildman–Crippen MR) is 86.9 cm³/mol. The maximum atomic E-state index is 12.7. The SMILES string of the molecule is CN(CC1CCCOC1)C(=O)C(C)(N)c1ccc(Br)cc1. The molecule has 2 N–H and O–H groups in total. The summed E-state index contributed by atoms with van der Waals surface area (Å²) in [6.45, 7) is 4.04. The van der Waals surface area contributed by atoms with Crippen molar-refractivity contribution in [3.63, 3.8) is 0 Å². The van der Waals surface area contributed by atoms with E-state index in [-0.39, 0.29) is 5.91 Å². The first kappa shape index (κ1) is 16.5. The van der Waals surface area contributed by atoms with Crippen LogP contribution in [-0.2, 0) is 15.1 Å². The number of nitrogens with zero attached hydrogens (tertiary/aromatic N) is 1. The zero-order valence-corrected chi connectivity index (χ0v) is 14.2. The van der Waals surface area contributed by atoms with Gasteiger partial charge in [0.2, 0.25) is 5.91 Å². The first-order valence-electron chi connectivity index (χ1n) is 7.29. The highest BCUT2D eigenvalue weighted by molar-refractivity contribution is 9.10. The Morgan fingerprint density at radius 2 is 2.14 bits per heavy atom. The van der Waals surface area contributed by atoms with E-state index in [2.05, 4.69) is 15.9 Å². The number of carbonyl (C=O) groups is 1. The summed E-state index contributed by atoms with van der Waals surface area (Å²) in [5.74, 6) is 0.351. The van der Waals surface area contributed by atoms with E-state index in [9.17, 15) is 4.79 Å². The second-order valence-electron chi connectivity index (χ2n) is 5.98. The van der Waals surface area contributed by atoms with Crippen LogP contribution in [0.5, 0.6) is 0 Å². The third kappa shape index (κ3) is 4.05. The topological polar surface area (TPSA) is 55.6 Å². The van der Waals surface area contributed by atoms with Crippen molar-refractivity contribution in [2.24, 2.45) is 11.7 Å². The number of benzene rings is 1. The van der Waals surface area contributed by atoms with Crippen molar-refractivity contribution in [2.75, 3.05) is 26.8 Å². The molecule has 1 fully saturated rings. The zero-order valence-electron chi connectivity index (χ0n) is 12.6. The van der Waals surface area contributed by atoms with E-state index in [0.29, 0.717) is 12.5 Å². The van der Waals surface area contributed by atoms with Crippen molar-refractivity contribution in [3.8, 4) is 0 Å². The minimum Gasteiger partial charge on any atom is -0.381 e. The molecule has 2 atom stereocenters. The Bertz CT molecular complexity index is 482. The van der Waals surface area contributed by atoms with Crippen LogP contribution >= 0.6 is 15.9 Å². The largest absolute Gasteiger partial charge is 0.381 e. The maximum Gasteiger partial charge on any atom is 0.246 e. The van der Waals surface area contributed by atoms with Crippen LogP contribution in [0.4, 0.5) is 0 Å². The number of ether oxygens (including phenoxy) is 1. The molecule has 0 spiro atoms. The van der Waals surface area contributed by atoms with E-state index in [1.165, 1.54) is 0 Å². The lowest BCUT2D eigenvalue weighted by molar-refractivity contribution is -0.136. The lowest BCUT2D eigenvalue weighted by Crippen LogP contribution is -2.51. The number of nitrogens with two attached hydrogens (primary N) is 1. The Morgan fingerprint density at radius 1 is 1.48 bits per heavy atom. The standard InChI is InChI=1S/C16H23BrN2O2/c1-16(18,13-5-7-14(17)8-6-13)15(20)19(2)10-12-4-3-9-21-11-12/h5-8,12H,3-4,9-11,18H2,1-2H3. The second kappa shape index (κ2) is 6.90. The van der Waals surface area contributed by atoms with Gasteiger partial charge in [0.25, 0.3) is 0 Å². The van der Waals surface area contributed by atoms with Gasteiger partial charge >= 0.3 is 0 Å². The molecule has 116 valence electrons. The summed E-state index contributed by atoms with van der Waals surface area (Å²) in [5, 5.41) is 0. The molecule has 4 nitrogen and oxygen atoms in total. The van der Waals surface area contributed by atoms with Crippen LogP contribution in [0.3, 0.4) is 0 Å². The van der Waals surface area contributed by atoms with Crippen molar-refractivity contribution >= 4 is 21.8 Å². The van der Waals surface area contributed by atoms with E-state index in [4.69, 9.17) is 10.5 Å². The molecule has 1 heterocycles. The molecule has 0 bridgehead atoms. The number of halogens is 1. The van der Waals surface area contributed by atoms with E-state index >= 15 is 0 Å². The smallest absolute Gasteiger partial charge is 0.246 e. The van der Waals surface area contributed by atoms with E-state index in [0.717, 1.165) is 36.1 Å². The van der Waals surface area contributed by atoms with Crippen molar-refractivity contribution in [3.05, 3.63) is 34.3 Å². The lowest BCUT2D eigenvalue weighted by atomic mass is 9.91. The van der Waals surface area contributed by atoms with Gasteiger partial charge in [0.15, 0.2) is 0 Å². The normalized spacial score (nSPS) is 21.6. The molecule has 1 aromatic carbocycles. The van der Waals surface area contributed by atoms with Crippen LogP contribution in [-0.4, -0.2) is 37.6 Å². The Kier molecular flexibility index (Phi) is 5.41. The zero-order chi connectivity index (χ0) is 15.5. The Labute approximate surface area is 134 Å². The summed E-state index contributed by atoms with van der Waals surface area (Å²) in [6.07, 6.45) is 2.18. The van der Waals surface area contributed by atoms with Crippen LogP contribution in [0.15, 0.2) is 28.7 Å². The molecule has 0 radical (unpaired) electrons. The number of rotatable bonds is 4. The fourth-order valence-corrected chi connectivity index (χ4v) is 3.00. The average molecular weight is 355 g/mol. The molecule has 5 heteroatoms. The van der Waals surface area contributed by atoms with Crippen molar-refractivity contribution in [1.82, 2.24) is 4.90 Å². The van der Waals surface area contributed by atoms with Gasteiger partial charge in [-0.25, -0.2) is 0 Å². The van der Waals surface area contributed by atoms with Gasteiger partial charge in [0, 0.05) is 24.7 Å². The predicted octanol–water partition coefficient (Wildman–Crippen LogP) is 2.51. The highest BCUT2D eigenvalue weighted by Crippen LogP contribution is 2.23. The monoisotopic (exact) mass is 354 g/mol. The molecule has 1 saturated heterocycles. The van der Waals surface area contributed by atoms with Gasteiger partial charge in [-0.3, -0.25) is 4.79 Å². The van der Waals surface area contributed by atoms with Crippen LogP contribution in [0, 0.1) is 5.92 Å². The first-order valence-corrected chi connectivity index (χ1v) is 8.09. The van der Waals surface area contributed by atoms with Gasteiger partial charge in [-0.05, 0) is 43.4 Å². The number of hydrogen-bond acceptors (Lipinski definition) is 3. The molecule has 0 saturated carbocycles. The second-order valence-corrected chi connectivity index (χ2v) is 6.89. The minimum atomic E-state index is -1.01. The third-order valence-electron chi connectivity index (χ3n) is 4.02. The summed E-state index contributed by atoms with van der Waals surface area (Å²) in [6, 6.07) is 7.59. The molecule has 2 rings (SSSR count). The molecule has 0 aliphatic carbocycles. The van der Waals surface area contributed by atoms with Gasteiger partial charge in [-0.15, -0.1) is 0 Å². The number of hydrogen-bond donors (Lipinski definition) is 1. The van der Waals surface area contributed by atoms with Gasteiger partial charge in [0.1, 0.15) is 5.54 Å². The van der Waals surface area contributed by atoms with E-state index in [1.807, 2.05) is 31.3 Å². The fourth-order valence-electron chi connectivity index (χ4n) is 2.74. The van der Waals surface area contributed by atoms with Gasteiger partial charge in [-0.2, -0.15) is 0 Å². The Hall–Kier alpha value is -0.910. The van der Waals surface area contributed by atoms with Gasteiger partial charge in [-0.1, -0.05) is 28.1 Å². The molecule has 0 aromatic heterocycles. The molecule has 1 aliphatic heterocycles. The maximum absolute atomic E-state index is 12.7. The Morgan fingerprint density at radius 3 is 2.71 bits per heavy atom. The summed E-state index contributed by atoms with van der Waals surface area (Å²) in [4.78, 5) is 14.4. The number of likely N-dealkylation sites (N-methyl/N-ethyl adjacent to an activating group) is 1. The van der Waals surface area contributed by atoms with Crippen LogP contribution < -0.4 is 5.73 Å². The molecular weight excluding hydrogens is 332 g/mol. The lowest BCUT2D eigenvalue weighted by Gasteiger charge is -2.33.